The van der Waals surface area contributed by atoms with Crippen molar-refractivity contribution in [1.82, 2.24) is 14.7 Å². The molecule has 1 aromatic carbocycles. The Bertz CT molecular complexity index is 1060. The number of aliphatic hydroxyl groups is 1. The number of carbonyl (C=O) groups excluding carboxylic acids is 3. The average Bonchev–Trinajstić information content (AvgIpc) is 3.51. The van der Waals surface area contributed by atoms with E-state index in [1.807, 2.05) is 37.3 Å². The van der Waals surface area contributed by atoms with Crippen molar-refractivity contribution in [2.24, 2.45) is 11.8 Å². The molecule has 0 aromatic heterocycles. The van der Waals surface area contributed by atoms with Gasteiger partial charge in [0.25, 0.3) is 0 Å². The van der Waals surface area contributed by atoms with Crippen molar-refractivity contribution in [3.05, 3.63) is 61.2 Å². The minimum absolute atomic E-state index is 0.168. The topological polar surface area (TPSA) is 90.4 Å². The normalized spacial score (nSPS) is 30.6. The fourth-order valence-electron chi connectivity index (χ4n) is 6.76. The van der Waals surface area contributed by atoms with E-state index in [1.54, 1.807) is 35.9 Å². The van der Waals surface area contributed by atoms with Gasteiger partial charge in [-0.25, -0.2) is 0 Å². The van der Waals surface area contributed by atoms with E-state index in [0.717, 1.165) is 5.56 Å². The number of likely N-dealkylation sites (N-methyl/N-ethyl adjacent to an activating group) is 1. The SMILES string of the molecule is C=CCN(C)C(=O)[C@@H]1[C@H]2C(=O)N([C@H](C)CO)C(C(=O)N(CC=C)Cc3ccccc3)C23CC[C@@]1(CC)O3. The molecule has 3 saturated heterocycles. The molecule has 3 amide bonds. The highest BCUT2D eigenvalue weighted by Gasteiger charge is 2.79. The van der Waals surface area contributed by atoms with Crippen LogP contribution in [-0.4, -0.2) is 87.6 Å². The Labute approximate surface area is 219 Å². The largest absolute Gasteiger partial charge is 0.394 e. The molecule has 37 heavy (non-hydrogen) atoms. The van der Waals surface area contributed by atoms with Gasteiger partial charge in [-0.05, 0) is 31.7 Å². The van der Waals surface area contributed by atoms with Crippen LogP contribution in [0.15, 0.2) is 55.6 Å². The van der Waals surface area contributed by atoms with E-state index in [2.05, 4.69) is 13.2 Å². The van der Waals surface area contributed by atoms with Crippen LogP contribution in [0.4, 0.5) is 0 Å². The maximum absolute atomic E-state index is 14.4. The van der Waals surface area contributed by atoms with Gasteiger partial charge in [0, 0.05) is 26.7 Å². The van der Waals surface area contributed by atoms with Crippen LogP contribution in [-0.2, 0) is 25.7 Å². The lowest BCUT2D eigenvalue weighted by Crippen LogP contribution is -2.58. The number of aliphatic hydroxyl groups excluding tert-OH is 1. The predicted molar refractivity (Wildman–Crippen MR) is 140 cm³/mol. The highest BCUT2D eigenvalue weighted by Crippen LogP contribution is 2.64. The monoisotopic (exact) mass is 509 g/mol. The second-order valence-electron chi connectivity index (χ2n) is 10.6. The summed E-state index contributed by atoms with van der Waals surface area (Å²) in [5.74, 6) is -2.19. The minimum atomic E-state index is -1.13. The van der Waals surface area contributed by atoms with Crippen LogP contribution >= 0.6 is 0 Å². The van der Waals surface area contributed by atoms with E-state index >= 15 is 0 Å². The van der Waals surface area contributed by atoms with Crippen LogP contribution in [0.1, 0.15) is 38.7 Å². The first-order valence-electron chi connectivity index (χ1n) is 13.1. The molecule has 1 aromatic rings. The van der Waals surface area contributed by atoms with E-state index in [0.29, 0.717) is 38.9 Å². The Morgan fingerprint density at radius 1 is 1.19 bits per heavy atom. The third-order valence-corrected chi connectivity index (χ3v) is 8.51. The van der Waals surface area contributed by atoms with Crippen LogP contribution in [0.25, 0.3) is 0 Å². The quantitative estimate of drug-likeness (QED) is 0.463. The number of hydrogen-bond acceptors (Lipinski definition) is 5. The fourth-order valence-corrected chi connectivity index (χ4v) is 6.76. The molecule has 6 atom stereocenters. The summed E-state index contributed by atoms with van der Waals surface area (Å²) in [4.78, 5) is 47.0. The zero-order valence-electron chi connectivity index (χ0n) is 22.1. The maximum Gasteiger partial charge on any atom is 0.249 e. The first kappa shape index (κ1) is 27.1. The molecule has 1 spiro atoms. The molecule has 3 heterocycles. The molecular formula is C29H39N3O5. The van der Waals surface area contributed by atoms with Gasteiger partial charge in [0.1, 0.15) is 11.6 Å². The smallest absolute Gasteiger partial charge is 0.249 e. The molecule has 0 radical (unpaired) electrons. The fraction of sp³-hybridized carbons (Fsp3) is 0.552. The zero-order chi connectivity index (χ0) is 27.0. The Balaban J connectivity index is 1.79. The number of fused-ring (bicyclic) bond motifs is 1. The second kappa shape index (κ2) is 10.4. The van der Waals surface area contributed by atoms with Gasteiger partial charge >= 0.3 is 0 Å². The van der Waals surface area contributed by atoms with Gasteiger partial charge in [-0.2, -0.15) is 0 Å². The lowest BCUT2D eigenvalue weighted by atomic mass is 9.64. The summed E-state index contributed by atoms with van der Waals surface area (Å²) in [5.41, 5.74) is -0.972. The number of carbonyl (C=O) groups is 3. The summed E-state index contributed by atoms with van der Waals surface area (Å²) in [7, 11) is 1.70. The van der Waals surface area contributed by atoms with Crippen molar-refractivity contribution >= 4 is 17.7 Å². The van der Waals surface area contributed by atoms with E-state index in [-0.39, 0.29) is 24.3 Å². The molecule has 8 heteroatoms. The molecule has 8 nitrogen and oxygen atoms in total. The molecular weight excluding hydrogens is 470 g/mol. The molecule has 3 aliphatic rings. The Morgan fingerprint density at radius 2 is 1.86 bits per heavy atom. The summed E-state index contributed by atoms with van der Waals surface area (Å²) < 4.78 is 6.80. The second-order valence-corrected chi connectivity index (χ2v) is 10.6. The molecule has 200 valence electrons. The Morgan fingerprint density at radius 3 is 2.46 bits per heavy atom. The van der Waals surface area contributed by atoms with Gasteiger partial charge in [-0.15, -0.1) is 13.2 Å². The number of benzene rings is 1. The summed E-state index contributed by atoms with van der Waals surface area (Å²) in [5, 5.41) is 10.1. The lowest BCUT2D eigenvalue weighted by Gasteiger charge is -2.38. The minimum Gasteiger partial charge on any atom is -0.394 e. The van der Waals surface area contributed by atoms with Gasteiger partial charge < -0.3 is 24.5 Å². The van der Waals surface area contributed by atoms with Crippen molar-refractivity contribution in [2.75, 3.05) is 26.7 Å². The number of hydrogen-bond donors (Lipinski definition) is 1. The van der Waals surface area contributed by atoms with E-state index in [9.17, 15) is 19.5 Å². The van der Waals surface area contributed by atoms with Crippen molar-refractivity contribution in [1.29, 1.82) is 0 Å². The average molecular weight is 510 g/mol. The van der Waals surface area contributed by atoms with Gasteiger partial charge in [0.05, 0.1) is 30.1 Å². The van der Waals surface area contributed by atoms with Crippen molar-refractivity contribution in [3.8, 4) is 0 Å². The molecule has 3 aliphatic heterocycles. The number of amides is 3. The molecule has 2 unspecified atom stereocenters. The highest BCUT2D eigenvalue weighted by molar-refractivity contribution is 5.99. The molecule has 3 fully saturated rings. The van der Waals surface area contributed by atoms with Gasteiger partial charge in [0.15, 0.2) is 0 Å². The number of ether oxygens (including phenoxy) is 1. The summed E-state index contributed by atoms with van der Waals surface area (Å²) in [6, 6.07) is 8.11. The van der Waals surface area contributed by atoms with E-state index in [4.69, 9.17) is 4.74 Å². The third kappa shape index (κ3) is 4.20. The van der Waals surface area contributed by atoms with Crippen LogP contribution in [0, 0.1) is 11.8 Å². The number of rotatable bonds is 11. The summed E-state index contributed by atoms with van der Waals surface area (Å²) in [6.07, 6.45) is 4.98. The van der Waals surface area contributed by atoms with Gasteiger partial charge in [-0.1, -0.05) is 49.4 Å². The van der Waals surface area contributed by atoms with Crippen LogP contribution in [0.3, 0.4) is 0 Å². The van der Waals surface area contributed by atoms with Crippen LogP contribution in [0.5, 0.6) is 0 Å². The Hall–Kier alpha value is -2.97. The molecule has 0 saturated carbocycles. The number of nitrogens with zero attached hydrogens (tertiary/aromatic N) is 3. The van der Waals surface area contributed by atoms with Crippen LogP contribution in [0.2, 0.25) is 0 Å². The lowest BCUT2D eigenvalue weighted by molar-refractivity contribution is -0.157. The van der Waals surface area contributed by atoms with Crippen molar-refractivity contribution < 1.29 is 24.2 Å². The molecule has 4 rings (SSSR count). The third-order valence-electron chi connectivity index (χ3n) is 8.51. The van der Waals surface area contributed by atoms with Gasteiger partial charge in [0.2, 0.25) is 17.7 Å². The predicted octanol–water partition coefficient (Wildman–Crippen LogP) is 2.38. The van der Waals surface area contributed by atoms with Crippen molar-refractivity contribution in [2.45, 2.75) is 62.9 Å². The van der Waals surface area contributed by atoms with Crippen molar-refractivity contribution in [3.63, 3.8) is 0 Å². The summed E-state index contributed by atoms with van der Waals surface area (Å²) >= 11 is 0. The van der Waals surface area contributed by atoms with E-state index < -0.39 is 35.1 Å². The standard InChI is InChI=1S/C29H39N3O5/c1-6-16-30(5)25(34)22-23-26(35)32(20(4)19-33)24(29(23)15-14-28(22,8-3)37-29)27(36)31(17-7-2)18-21-12-10-9-11-13-21/h6-7,9-13,20,22-24,33H,1-2,8,14-19H2,3-5H3/t20-,22+,23+,24?,28-,29?/m1/s1. The first-order chi connectivity index (χ1) is 17.7. The summed E-state index contributed by atoms with van der Waals surface area (Å²) in [6.45, 7) is 12.0. The zero-order valence-corrected chi connectivity index (χ0v) is 22.1. The van der Waals surface area contributed by atoms with E-state index in [1.165, 1.54) is 4.90 Å². The number of likely N-dealkylation sites (tertiary alicyclic amines) is 1. The first-order valence-corrected chi connectivity index (χ1v) is 13.1. The molecule has 1 N–H and O–H groups in total. The Kier molecular flexibility index (Phi) is 7.62. The molecule has 0 aliphatic carbocycles. The molecule has 2 bridgehead atoms. The van der Waals surface area contributed by atoms with Gasteiger partial charge in [-0.3, -0.25) is 14.4 Å². The van der Waals surface area contributed by atoms with Crippen LogP contribution < -0.4 is 0 Å². The maximum atomic E-state index is 14.4. The highest BCUT2D eigenvalue weighted by atomic mass is 16.5.